The van der Waals surface area contributed by atoms with Crippen LogP contribution in [0.3, 0.4) is 0 Å². The SMILES string of the molecule is Cc1cc(N)nc(C)c1CN.Cc1cc(N)nc(C)c1CNC(=O)c1cn(Cc2ccc3ncc(Cl)cc3c2)c2ncnc(N)c12.Nc1ncnc2c1c(C(=O)O)cn2Cc1ccc2ncc(Cl)cc2c1. The van der Waals surface area contributed by atoms with E-state index in [2.05, 4.69) is 45.2 Å². The van der Waals surface area contributed by atoms with Gasteiger partial charge in [0.1, 0.15) is 47.2 Å². The third kappa shape index (κ3) is 10.7. The fraction of sp³-hybridized carbons (Fsp3) is 0.160. The van der Waals surface area contributed by atoms with E-state index in [4.69, 9.17) is 51.9 Å². The second kappa shape index (κ2) is 20.6. The molecule has 8 aromatic heterocycles. The molecular formula is C50H48Cl2N16O3. The highest BCUT2D eigenvalue weighted by molar-refractivity contribution is 6.31. The lowest BCUT2D eigenvalue weighted by Gasteiger charge is -2.11. The number of pyridine rings is 4. The standard InChI is InChI=1S/C25H23ClN8O.C17H12ClN5O2.C8H13N3/c1-13-5-21(27)33-14(2)18(13)9-30-25(35)19-11-34(24-22(19)23(28)31-12-32-24)10-15-3-4-20-16(6-15)7-17(26)8-29-20;18-11-4-10-3-9(1-2-13(10)20-5-11)6-23-7-12(17(24)25)14-15(19)21-8-22-16(14)23;1-5-3-8(10)11-6(2)7(5)4-9/h3-8,11-12H,9-10H2,1-2H3,(H2,27,33)(H,30,35)(H2,28,31,32);1-5,7-8H,6H2,(H,24,25)(H2,19,21,22);3H,4,9H2,1-2H3,(H2,10,11). The first-order valence-corrected chi connectivity index (χ1v) is 22.7. The van der Waals surface area contributed by atoms with Crippen molar-refractivity contribution >= 4 is 102 Å². The van der Waals surface area contributed by atoms with Gasteiger partial charge < -0.3 is 48.2 Å². The molecule has 0 unspecified atom stereocenters. The van der Waals surface area contributed by atoms with Gasteiger partial charge in [-0.05, 0) is 110 Å². The summed E-state index contributed by atoms with van der Waals surface area (Å²) in [6, 6.07) is 19.1. The van der Waals surface area contributed by atoms with Crippen molar-refractivity contribution in [3.63, 3.8) is 0 Å². The Kier molecular flexibility index (Phi) is 14.2. The molecule has 2 aromatic carbocycles. The van der Waals surface area contributed by atoms with Gasteiger partial charge in [0, 0.05) is 73.1 Å². The maximum atomic E-state index is 13.2. The van der Waals surface area contributed by atoms with Crippen molar-refractivity contribution < 1.29 is 14.7 Å². The number of aromatic nitrogens is 10. The van der Waals surface area contributed by atoms with Crippen molar-refractivity contribution in [2.45, 2.75) is 53.9 Å². The summed E-state index contributed by atoms with van der Waals surface area (Å²) < 4.78 is 3.64. The monoisotopic (exact) mass is 990 g/mol. The number of nitrogens with zero attached hydrogens (tertiary/aromatic N) is 10. The average molecular weight is 992 g/mol. The number of carboxylic acids is 1. The Balaban J connectivity index is 0.000000163. The number of nitrogens with two attached hydrogens (primary N) is 5. The number of halogens is 2. The van der Waals surface area contributed by atoms with Gasteiger partial charge in [-0.15, -0.1) is 0 Å². The molecule has 1 amide bonds. The molecule has 19 nitrogen and oxygen atoms in total. The average Bonchev–Trinajstić information content (AvgIpc) is 3.88. The Morgan fingerprint density at radius 1 is 0.620 bits per heavy atom. The molecule has 0 fully saturated rings. The molecule has 21 heteroatoms. The number of hydrogen-bond acceptors (Lipinski definition) is 15. The van der Waals surface area contributed by atoms with Gasteiger partial charge in [0.25, 0.3) is 5.91 Å². The number of carbonyl (C=O) groups is 2. The first-order valence-electron chi connectivity index (χ1n) is 21.9. The number of benzene rings is 2. The summed E-state index contributed by atoms with van der Waals surface area (Å²) in [4.78, 5) is 58.3. The molecule has 12 N–H and O–H groups in total. The summed E-state index contributed by atoms with van der Waals surface area (Å²) >= 11 is 12.1. The number of amides is 1. The quantitative estimate of drug-likeness (QED) is 0.0736. The molecule has 0 aliphatic rings. The summed E-state index contributed by atoms with van der Waals surface area (Å²) in [6.07, 6.45) is 9.22. The highest BCUT2D eigenvalue weighted by Gasteiger charge is 2.21. The van der Waals surface area contributed by atoms with Gasteiger partial charge in [-0.1, -0.05) is 35.3 Å². The number of carboxylic acid groups (broad SMARTS) is 1. The first kappa shape index (κ1) is 48.9. The van der Waals surface area contributed by atoms with Crippen molar-refractivity contribution in [3.05, 3.63) is 164 Å². The fourth-order valence-corrected chi connectivity index (χ4v) is 8.72. The Hall–Kier alpha value is -8.52. The van der Waals surface area contributed by atoms with Crippen molar-refractivity contribution in [1.82, 2.24) is 54.3 Å². The molecule has 0 aliphatic heterocycles. The summed E-state index contributed by atoms with van der Waals surface area (Å²) in [5.41, 5.74) is 39.9. The molecule has 8 heterocycles. The molecule has 0 radical (unpaired) electrons. The Bertz CT molecular complexity index is 3640. The van der Waals surface area contributed by atoms with E-state index in [9.17, 15) is 14.7 Å². The smallest absolute Gasteiger partial charge is 0.338 e. The lowest BCUT2D eigenvalue weighted by Crippen LogP contribution is -2.24. The van der Waals surface area contributed by atoms with Crippen LogP contribution in [0.25, 0.3) is 43.9 Å². The predicted molar refractivity (Wildman–Crippen MR) is 278 cm³/mol. The van der Waals surface area contributed by atoms with Gasteiger partial charge in [-0.25, -0.2) is 34.7 Å². The maximum Gasteiger partial charge on any atom is 0.338 e. The molecule has 10 aromatic rings. The molecule has 0 spiro atoms. The van der Waals surface area contributed by atoms with Crippen LogP contribution in [0.15, 0.2) is 98.1 Å². The number of fused-ring (bicyclic) bond motifs is 4. The Morgan fingerprint density at radius 2 is 1.08 bits per heavy atom. The van der Waals surface area contributed by atoms with Crippen molar-refractivity contribution in [2.24, 2.45) is 5.73 Å². The highest BCUT2D eigenvalue weighted by atomic mass is 35.5. The molecule has 10 rings (SSSR count). The minimum Gasteiger partial charge on any atom is -0.478 e. The molecule has 0 saturated heterocycles. The van der Waals surface area contributed by atoms with Gasteiger partial charge in [0.2, 0.25) is 0 Å². The fourth-order valence-electron chi connectivity index (χ4n) is 8.38. The number of rotatable bonds is 9. The van der Waals surface area contributed by atoms with Gasteiger partial charge in [-0.3, -0.25) is 14.8 Å². The number of aromatic carboxylic acids is 1. The summed E-state index contributed by atoms with van der Waals surface area (Å²) in [5, 5.41) is 16.2. The molecule has 360 valence electrons. The number of anilines is 4. The van der Waals surface area contributed by atoms with E-state index in [1.54, 1.807) is 29.2 Å². The van der Waals surface area contributed by atoms with Gasteiger partial charge in [0.05, 0.1) is 43.0 Å². The topological polar surface area (TPSA) is 309 Å². The van der Waals surface area contributed by atoms with Crippen LogP contribution >= 0.6 is 23.2 Å². The van der Waals surface area contributed by atoms with Crippen LogP contribution in [-0.2, 0) is 26.2 Å². The first-order chi connectivity index (χ1) is 34.0. The van der Waals surface area contributed by atoms with E-state index < -0.39 is 5.97 Å². The van der Waals surface area contributed by atoms with Crippen molar-refractivity contribution in [2.75, 3.05) is 22.9 Å². The van der Waals surface area contributed by atoms with Crippen molar-refractivity contribution in [3.8, 4) is 0 Å². The van der Waals surface area contributed by atoms with E-state index in [0.717, 1.165) is 66.6 Å². The largest absolute Gasteiger partial charge is 0.478 e. The molecule has 0 bridgehead atoms. The van der Waals surface area contributed by atoms with Gasteiger partial charge in [0.15, 0.2) is 0 Å². The summed E-state index contributed by atoms with van der Waals surface area (Å²) in [6.45, 7) is 9.48. The van der Waals surface area contributed by atoms with E-state index >= 15 is 0 Å². The molecular weight excluding hydrogens is 944 g/mol. The maximum absolute atomic E-state index is 13.2. The second-order valence-corrected chi connectivity index (χ2v) is 17.5. The number of hydrogen-bond donors (Lipinski definition) is 7. The predicted octanol–water partition coefficient (Wildman–Crippen LogP) is 7.49. The zero-order valence-electron chi connectivity index (χ0n) is 38.9. The molecule has 0 aliphatic carbocycles. The second-order valence-electron chi connectivity index (χ2n) is 16.7. The lowest BCUT2D eigenvalue weighted by atomic mass is 10.1. The van der Waals surface area contributed by atoms with Crippen LogP contribution in [0.2, 0.25) is 10.0 Å². The highest BCUT2D eigenvalue weighted by Crippen LogP contribution is 2.28. The minimum absolute atomic E-state index is 0.0820. The number of nitrogens with one attached hydrogen (secondary N) is 1. The van der Waals surface area contributed by atoms with Crippen molar-refractivity contribution in [1.29, 1.82) is 0 Å². The lowest BCUT2D eigenvalue weighted by molar-refractivity contribution is 0.0698. The van der Waals surface area contributed by atoms with Crippen LogP contribution in [0.5, 0.6) is 0 Å². The third-order valence-electron chi connectivity index (χ3n) is 11.7. The van der Waals surface area contributed by atoms with E-state index in [1.807, 2.05) is 86.9 Å². The molecule has 0 saturated carbocycles. The Morgan fingerprint density at radius 3 is 1.55 bits per heavy atom. The number of nitrogen functional groups attached to an aromatic ring is 4. The number of carbonyl (C=O) groups excluding carboxylic acids is 1. The van der Waals surface area contributed by atoms with E-state index in [-0.39, 0.29) is 23.1 Å². The van der Waals surface area contributed by atoms with Crippen LogP contribution in [0.1, 0.15) is 65.5 Å². The van der Waals surface area contributed by atoms with Crippen LogP contribution in [0.4, 0.5) is 23.3 Å². The Labute approximate surface area is 416 Å². The normalized spacial score (nSPS) is 11.1. The minimum atomic E-state index is -1.07. The van der Waals surface area contributed by atoms with Crippen LogP contribution in [-0.4, -0.2) is 66.0 Å². The van der Waals surface area contributed by atoms with Crippen LogP contribution in [0, 0.1) is 27.7 Å². The van der Waals surface area contributed by atoms with Gasteiger partial charge in [-0.2, -0.15) is 0 Å². The summed E-state index contributed by atoms with van der Waals surface area (Å²) in [7, 11) is 0. The zero-order valence-corrected chi connectivity index (χ0v) is 40.5. The number of aryl methyl sites for hydroxylation is 4. The van der Waals surface area contributed by atoms with E-state index in [0.29, 0.717) is 75.5 Å². The van der Waals surface area contributed by atoms with Crippen LogP contribution < -0.4 is 34.0 Å². The molecule has 0 atom stereocenters. The summed E-state index contributed by atoms with van der Waals surface area (Å²) in [5.74, 6) is 0.0673. The molecule has 71 heavy (non-hydrogen) atoms. The zero-order chi connectivity index (χ0) is 50.7. The van der Waals surface area contributed by atoms with E-state index in [1.165, 1.54) is 18.9 Å². The van der Waals surface area contributed by atoms with Gasteiger partial charge >= 0.3 is 5.97 Å². The third-order valence-corrected chi connectivity index (χ3v) is 12.2.